The molecule has 1 N–H and O–H groups in total. The second kappa shape index (κ2) is 4.78. The van der Waals surface area contributed by atoms with E-state index in [4.69, 9.17) is 4.74 Å². The lowest BCUT2D eigenvalue weighted by molar-refractivity contribution is -0.123. The van der Waals surface area contributed by atoms with E-state index in [0.29, 0.717) is 0 Å². The fourth-order valence-electron chi connectivity index (χ4n) is 1.66. The molecule has 0 aromatic heterocycles. The van der Waals surface area contributed by atoms with Crippen molar-refractivity contribution in [2.75, 3.05) is 12.4 Å². The number of rotatable bonds is 2. The maximum absolute atomic E-state index is 11.9. The lowest BCUT2D eigenvalue weighted by atomic mass is 9.95. The summed E-state index contributed by atoms with van der Waals surface area (Å²) in [4.78, 5) is 11.9. The van der Waals surface area contributed by atoms with Crippen LogP contribution < -0.4 is 10.1 Å². The Labute approximate surface area is 103 Å². The number of aryl methyl sites for hydroxylation is 2. The first-order valence-corrected chi connectivity index (χ1v) is 5.72. The van der Waals surface area contributed by atoms with Crippen LogP contribution in [0.5, 0.6) is 5.75 Å². The normalized spacial score (nSPS) is 11.2. The molecule has 0 unspecified atom stereocenters. The van der Waals surface area contributed by atoms with E-state index in [2.05, 4.69) is 5.32 Å². The van der Waals surface area contributed by atoms with Crippen LogP contribution in [-0.2, 0) is 4.79 Å². The highest BCUT2D eigenvalue weighted by molar-refractivity contribution is 5.94. The minimum atomic E-state index is -0.387. The van der Waals surface area contributed by atoms with Crippen LogP contribution in [0.4, 0.5) is 5.69 Å². The Morgan fingerprint density at radius 1 is 1.18 bits per heavy atom. The fourth-order valence-corrected chi connectivity index (χ4v) is 1.66. The molecule has 0 saturated heterocycles. The first kappa shape index (κ1) is 13.6. The molecule has 0 saturated carbocycles. The van der Waals surface area contributed by atoms with Crippen LogP contribution in [0.2, 0.25) is 0 Å². The van der Waals surface area contributed by atoms with Crippen LogP contribution >= 0.6 is 0 Å². The quantitative estimate of drug-likeness (QED) is 0.854. The minimum Gasteiger partial charge on any atom is -0.496 e. The van der Waals surface area contributed by atoms with Gasteiger partial charge in [0.2, 0.25) is 5.91 Å². The number of hydrogen-bond donors (Lipinski definition) is 1. The van der Waals surface area contributed by atoms with Crippen LogP contribution in [0.3, 0.4) is 0 Å². The molecule has 0 spiro atoms. The Morgan fingerprint density at radius 2 is 1.65 bits per heavy atom. The molecule has 1 aromatic carbocycles. The standard InChI is InChI=1S/C14H21NO2/c1-9-7-11(8-10(2)12(9)17-6)15-13(16)14(3,4)5/h7-8H,1-6H3,(H,15,16). The molecule has 0 fully saturated rings. The zero-order valence-corrected chi connectivity index (χ0v) is 11.5. The first-order valence-electron chi connectivity index (χ1n) is 5.72. The summed E-state index contributed by atoms with van der Waals surface area (Å²) in [5.41, 5.74) is 2.48. The Hall–Kier alpha value is -1.51. The summed E-state index contributed by atoms with van der Waals surface area (Å²) >= 11 is 0. The molecule has 17 heavy (non-hydrogen) atoms. The third-order valence-electron chi connectivity index (χ3n) is 2.60. The van der Waals surface area contributed by atoms with Crippen molar-refractivity contribution in [1.29, 1.82) is 0 Å². The Balaban J connectivity index is 2.99. The Morgan fingerprint density at radius 3 is 2.00 bits per heavy atom. The van der Waals surface area contributed by atoms with Crippen LogP contribution in [0.25, 0.3) is 0 Å². The van der Waals surface area contributed by atoms with Crippen molar-refractivity contribution >= 4 is 11.6 Å². The topological polar surface area (TPSA) is 38.3 Å². The van der Waals surface area contributed by atoms with Crippen molar-refractivity contribution in [2.45, 2.75) is 34.6 Å². The number of carbonyl (C=O) groups excluding carboxylic acids is 1. The molecule has 3 heteroatoms. The maximum Gasteiger partial charge on any atom is 0.229 e. The van der Waals surface area contributed by atoms with Crippen molar-refractivity contribution < 1.29 is 9.53 Å². The number of carbonyl (C=O) groups is 1. The summed E-state index contributed by atoms with van der Waals surface area (Å²) in [6, 6.07) is 3.85. The SMILES string of the molecule is COc1c(C)cc(NC(=O)C(C)(C)C)cc1C. The molecule has 0 atom stereocenters. The zero-order chi connectivity index (χ0) is 13.2. The van der Waals surface area contributed by atoms with E-state index >= 15 is 0 Å². The number of nitrogens with one attached hydrogen (secondary N) is 1. The van der Waals surface area contributed by atoms with Crippen LogP contribution in [0.1, 0.15) is 31.9 Å². The van der Waals surface area contributed by atoms with Gasteiger partial charge >= 0.3 is 0 Å². The number of methoxy groups -OCH3 is 1. The van der Waals surface area contributed by atoms with E-state index in [0.717, 1.165) is 22.6 Å². The summed E-state index contributed by atoms with van der Waals surface area (Å²) in [5.74, 6) is 0.889. The average molecular weight is 235 g/mol. The number of benzene rings is 1. The van der Waals surface area contributed by atoms with E-state index < -0.39 is 0 Å². The third-order valence-corrected chi connectivity index (χ3v) is 2.60. The van der Waals surface area contributed by atoms with E-state index in [-0.39, 0.29) is 11.3 Å². The van der Waals surface area contributed by atoms with Gasteiger partial charge in [0.15, 0.2) is 0 Å². The molecule has 0 aliphatic rings. The Bertz CT molecular complexity index is 407. The zero-order valence-electron chi connectivity index (χ0n) is 11.5. The predicted octanol–water partition coefficient (Wildman–Crippen LogP) is 3.30. The largest absolute Gasteiger partial charge is 0.496 e. The van der Waals surface area contributed by atoms with Crippen LogP contribution in [0.15, 0.2) is 12.1 Å². The van der Waals surface area contributed by atoms with Gasteiger partial charge in [-0.2, -0.15) is 0 Å². The smallest absolute Gasteiger partial charge is 0.229 e. The summed E-state index contributed by atoms with van der Waals surface area (Å²) in [5, 5.41) is 2.92. The van der Waals surface area contributed by atoms with Gasteiger partial charge in [0.1, 0.15) is 5.75 Å². The van der Waals surface area contributed by atoms with Crippen LogP contribution in [-0.4, -0.2) is 13.0 Å². The van der Waals surface area contributed by atoms with Crippen LogP contribution in [0, 0.1) is 19.3 Å². The lowest BCUT2D eigenvalue weighted by Gasteiger charge is -2.19. The summed E-state index contributed by atoms with van der Waals surface area (Å²) in [6.07, 6.45) is 0. The van der Waals surface area contributed by atoms with E-state index in [9.17, 15) is 4.79 Å². The van der Waals surface area contributed by atoms with Crippen molar-refractivity contribution in [3.8, 4) is 5.75 Å². The van der Waals surface area contributed by atoms with Gasteiger partial charge < -0.3 is 10.1 Å². The fraction of sp³-hybridized carbons (Fsp3) is 0.500. The van der Waals surface area contributed by atoms with Gasteiger partial charge in [0, 0.05) is 11.1 Å². The molecule has 0 heterocycles. The Kier molecular flexibility index (Phi) is 3.81. The average Bonchev–Trinajstić information content (AvgIpc) is 2.15. The van der Waals surface area contributed by atoms with E-state index in [1.54, 1.807) is 7.11 Å². The third kappa shape index (κ3) is 3.22. The molecule has 0 radical (unpaired) electrons. The van der Waals surface area contributed by atoms with Gasteiger partial charge in [0.25, 0.3) is 0 Å². The number of anilines is 1. The van der Waals surface area contributed by atoms with Gasteiger partial charge in [-0.3, -0.25) is 4.79 Å². The first-order chi connectivity index (χ1) is 7.75. The number of ether oxygens (including phenoxy) is 1. The summed E-state index contributed by atoms with van der Waals surface area (Å²) < 4.78 is 5.29. The molecule has 3 nitrogen and oxygen atoms in total. The molecule has 1 aromatic rings. The molecule has 1 amide bonds. The van der Waals surface area contributed by atoms with Gasteiger partial charge in [-0.05, 0) is 37.1 Å². The van der Waals surface area contributed by atoms with Crippen molar-refractivity contribution in [1.82, 2.24) is 0 Å². The number of hydrogen-bond acceptors (Lipinski definition) is 2. The molecule has 0 aliphatic carbocycles. The second-order valence-corrected chi connectivity index (χ2v) is 5.35. The maximum atomic E-state index is 11.9. The molecular formula is C14H21NO2. The monoisotopic (exact) mass is 235 g/mol. The molecule has 1 rings (SSSR count). The highest BCUT2D eigenvalue weighted by Crippen LogP contribution is 2.27. The highest BCUT2D eigenvalue weighted by Gasteiger charge is 2.21. The number of amides is 1. The van der Waals surface area contributed by atoms with Crippen molar-refractivity contribution in [2.24, 2.45) is 5.41 Å². The summed E-state index contributed by atoms with van der Waals surface area (Å²) in [6.45, 7) is 9.62. The minimum absolute atomic E-state index is 0.0152. The van der Waals surface area contributed by atoms with Crippen molar-refractivity contribution in [3.63, 3.8) is 0 Å². The van der Waals surface area contributed by atoms with E-state index in [1.165, 1.54) is 0 Å². The van der Waals surface area contributed by atoms with E-state index in [1.807, 2.05) is 46.8 Å². The summed E-state index contributed by atoms with van der Waals surface area (Å²) in [7, 11) is 1.66. The lowest BCUT2D eigenvalue weighted by Crippen LogP contribution is -2.27. The molecular weight excluding hydrogens is 214 g/mol. The molecule has 0 bridgehead atoms. The molecule has 0 aliphatic heterocycles. The highest BCUT2D eigenvalue weighted by atomic mass is 16.5. The van der Waals surface area contributed by atoms with Gasteiger partial charge in [-0.1, -0.05) is 20.8 Å². The van der Waals surface area contributed by atoms with Gasteiger partial charge in [-0.15, -0.1) is 0 Å². The second-order valence-electron chi connectivity index (χ2n) is 5.35. The predicted molar refractivity (Wildman–Crippen MR) is 70.6 cm³/mol. The van der Waals surface area contributed by atoms with Gasteiger partial charge in [-0.25, -0.2) is 0 Å². The molecule has 94 valence electrons. The van der Waals surface area contributed by atoms with Gasteiger partial charge in [0.05, 0.1) is 7.11 Å². The van der Waals surface area contributed by atoms with Crippen molar-refractivity contribution in [3.05, 3.63) is 23.3 Å².